The van der Waals surface area contributed by atoms with E-state index in [2.05, 4.69) is 141 Å². The maximum atomic E-state index is 2.46. The SMILES string of the molecule is Cc1cc(C)c2cc1N1C=CN(CCCCN3C=CN(C3)c3cc(c(C)cc3C)N3C=CN(CCCCN4C=CN2C4)C3)C1. The Balaban J connectivity index is 1.07. The van der Waals surface area contributed by atoms with Crippen LogP contribution in [0, 0.1) is 27.7 Å². The molecule has 0 fully saturated rings. The molecule has 8 nitrogen and oxygen atoms in total. The van der Waals surface area contributed by atoms with E-state index in [1.54, 1.807) is 0 Å². The summed E-state index contributed by atoms with van der Waals surface area (Å²) in [5.41, 5.74) is 10.6. The number of hydrogen-bond donors (Lipinski definition) is 0. The van der Waals surface area contributed by atoms with Gasteiger partial charge in [-0.05, 0) is 87.8 Å². The highest BCUT2D eigenvalue weighted by Crippen LogP contribution is 2.35. The zero-order valence-corrected chi connectivity index (χ0v) is 27.0. The first-order chi connectivity index (χ1) is 21.4. The lowest BCUT2D eigenvalue weighted by molar-refractivity contribution is 0.353. The Morgan fingerprint density at radius 1 is 0.341 bits per heavy atom. The van der Waals surface area contributed by atoms with E-state index in [-0.39, 0.29) is 0 Å². The second-order valence-electron chi connectivity index (χ2n) is 13.2. The smallest absolute Gasteiger partial charge is 0.0942 e. The molecule has 0 aromatic heterocycles. The van der Waals surface area contributed by atoms with Gasteiger partial charge in [-0.15, -0.1) is 0 Å². The van der Waals surface area contributed by atoms with Gasteiger partial charge in [-0.25, -0.2) is 0 Å². The van der Waals surface area contributed by atoms with Gasteiger partial charge in [0, 0.05) is 98.5 Å². The molecule has 12 bridgehead atoms. The zero-order valence-electron chi connectivity index (χ0n) is 27.0. The maximum absolute atomic E-state index is 2.46. The van der Waals surface area contributed by atoms with Crippen LogP contribution in [-0.4, -0.2) is 72.5 Å². The van der Waals surface area contributed by atoms with Crippen LogP contribution in [0.5, 0.6) is 0 Å². The number of aryl methyl sites for hydroxylation is 4. The molecular formula is C36H48N8. The highest BCUT2D eigenvalue weighted by Gasteiger charge is 2.23. The largest absolute Gasteiger partial charge is 0.358 e. The van der Waals surface area contributed by atoms with Crippen molar-refractivity contribution in [3.8, 4) is 0 Å². The van der Waals surface area contributed by atoms with E-state index in [0.29, 0.717) is 0 Å². The summed E-state index contributed by atoms with van der Waals surface area (Å²) < 4.78 is 0. The molecule has 2 aromatic carbocycles. The average molecular weight is 593 g/mol. The van der Waals surface area contributed by atoms with Gasteiger partial charge in [0.2, 0.25) is 0 Å². The van der Waals surface area contributed by atoms with Crippen molar-refractivity contribution < 1.29 is 0 Å². The van der Waals surface area contributed by atoms with Gasteiger partial charge in [-0.3, -0.25) is 0 Å². The van der Waals surface area contributed by atoms with Gasteiger partial charge in [0.15, 0.2) is 0 Å². The highest BCUT2D eigenvalue weighted by atomic mass is 15.4. The van der Waals surface area contributed by atoms with Crippen molar-refractivity contribution in [2.75, 3.05) is 72.5 Å². The quantitative estimate of drug-likeness (QED) is 0.347. The fourth-order valence-electron chi connectivity index (χ4n) is 7.22. The van der Waals surface area contributed by atoms with Gasteiger partial charge in [-0.1, -0.05) is 12.1 Å². The fourth-order valence-corrected chi connectivity index (χ4v) is 7.22. The average Bonchev–Trinajstić information content (AvgIpc) is 3.82. The molecule has 0 N–H and O–H groups in total. The van der Waals surface area contributed by atoms with Crippen molar-refractivity contribution in [1.29, 1.82) is 0 Å². The van der Waals surface area contributed by atoms with Gasteiger partial charge in [0.25, 0.3) is 0 Å². The predicted molar refractivity (Wildman–Crippen MR) is 183 cm³/mol. The molecule has 0 atom stereocenters. The molecule has 0 unspecified atom stereocenters. The van der Waals surface area contributed by atoms with Crippen LogP contribution in [0.3, 0.4) is 0 Å². The molecule has 0 amide bonds. The van der Waals surface area contributed by atoms with Crippen LogP contribution < -0.4 is 19.6 Å². The Hall–Kier alpha value is -4.20. The van der Waals surface area contributed by atoms with E-state index in [9.17, 15) is 0 Å². The summed E-state index contributed by atoms with van der Waals surface area (Å²) in [4.78, 5) is 19.5. The third-order valence-electron chi connectivity index (χ3n) is 9.71. The standard InChI is InChI=1S/C36H48N8/c1-29-21-30(2)34-23-33(29)41-17-13-37(25-41)9-5-6-11-39-15-19-43(27-39)35-24-36(32(4)22-31(35)3)44-20-16-40(28-44)12-8-7-10-38-14-18-42(34)26-38/h13-24H,5-12,25-28H2,1-4H3. The molecule has 5 aliphatic rings. The second kappa shape index (κ2) is 12.1. The minimum absolute atomic E-state index is 0.917. The predicted octanol–water partition coefficient (Wildman–Crippen LogP) is 6.40. The minimum Gasteiger partial charge on any atom is -0.358 e. The molecule has 0 aliphatic carbocycles. The van der Waals surface area contributed by atoms with Crippen molar-refractivity contribution in [3.63, 3.8) is 0 Å². The number of hydrogen-bond acceptors (Lipinski definition) is 8. The number of nitrogens with zero attached hydrogens (tertiary/aromatic N) is 8. The minimum atomic E-state index is 0.917. The molecule has 8 heteroatoms. The lowest BCUT2D eigenvalue weighted by atomic mass is 10.1. The van der Waals surface area contributed by atoms with Crippen LogP contribution >= 0.6 is 0 Å². The topological polar surface area (TPSA) is 25.9 Å². The van der Waals surface area contributed by atoms with Gasteiger partial charge < -0.3 is 39.2 Å². The third-order valence-corrected chi connectivity index (χ3v) is 9.71. The van der Waals surface area contributed by atoms with E-state index < -0.39 is 0 Å². The van der Waals surface area contributed by atoms with Gasteiger partial charge >= 0.3 is 0 Å². The molecule has 7 rings (SSSR count). The molecule has 44 heavy (non-hydrogen) atoms. The number of benzene rings is 2. The van der Waals surface area contributed by atoms with Crippen molar-refractivity contribution >= 4 is 22.7 Å². The van der Waals surface area contributed by atoms with E-state index in [1.807, 2.05) is 0 Å². The lowest BCUT2D eigenvalue weighted by Gasteiger charge is -2.28. The molecule has 2 aromatic rings. The van der Waals surface area contributed by atoms with Gasteiger partial charge in [-0.2, -0.15) is 0 Å². The summed E-state index contributed by atoms with van der Waals surface area (Å²) in [7, 11) is 0. The second-order valence-corrected chi connectivity index (χ2v) is 13.2. The van der Waals surface area contributed by atoms with E-state index in [0.717, 1.165) is 52.9 Å². The highest BCUT2D eigenvalue weighted by molar-refractivity contribution is 5.70. The zero-order chi connectivity index (χ0) is 30.2. The maximum Gasteiger partial charge on any atom is 0.0942 e. The third kappa shape index (κ3) is 5.82. The summed E-state index contributed by atoms with van der Waals surface area (Å²) in [5, 5.41) is 0. The van der Waals surface area contributed by atoms with Gasteiger partial charge in [0.1, 0.15) is 0 Å². The lowest BCUT2D eigenvalue weighted by Crippen LogP contribution is -2.30. The Morgan fingerprint density at radius 3 is 0.841 bits per heavy atom. The number of fused-ring (bicyclic) bond motifs is 16. The normalized spacial score (nSPS) is 20.3. The Kier molecular flexibility index (Phi) is 7.83. The molecule has 5 aliphatic heterocycles. The summed E-state index contributed by atoms with van der Waals surface area (Å²) >= 11 is 0. The Bertz CT molecular complexity index is 1280. The number of rotatable bonds is 0. The van der Waals surface area contributed by atoms with Crippen LogP contribution in [0.2, 0.25) is 0 Å². The molecular weight excluding hydrogens is 544 g/mol. The van der Waals surface area contributed by atoms with Crippen LogP contribution in [0.15, 0.2) is 73.9 Å². The van der Waals surface area contributed by atoms with Crippen molar-refractivity contribution in [2.24, 2.45) is 0 Å². The van der Waals surface area contributed by atoms with Crippen LogP contribution in [-0.2, 0) is 0 Å². The first kappa shape index (κ1) is 28.6. The molecule has 0 saturated carbocycles. The van der Waals surface area contributed by atoms with E-state index in [4.69, 9.17) is 0 Å². The molecule has 0 radical (unpaired) electrons. The summed E-state index contributed by atoms with van der Waals surface area (Å²) in [6.45, 7) is 17.0. The summed E-state index contributed by atoms with van der Waals surface area (Å²) in [5.74, 6) is 0. The van der Waals surface area contributed by atoms with E-state index >= 15 is 0 Å². The number of anilines is 4. The van der Waals surface area contributed by atoms with Crippen molar-refractivity contribution in [3.05, 3.63) is 96.1 Å². The summed E-state index contributed by atoms with van der Waals surface area (Å²) in [6.07, 6.45) is 22.8. The summed E-state index contributed by atoms with van der Waals surface area (Å²) in [6, 6.07) is 9.49. The van der Waals surface area contributed by atoms with Crippen LogP contribution in [0.1, 0.15) is 47.9 Å². The van der Waals surface area contributed by atoms with Crippen molar-refractivity contribution in [1.82, 2.24) is 19.6 Å². The molecule has 0 saturated heterocycles. The van der Waals surface area contributed by atoms with E-state index in [1.165, 1.54) is 70.7 Å². The first-order valence-corrected chi connectivity index (χ1v) is 16.4. The molecule has 0 spiro atoms. The Labute approximate surface area is 264 Å². The Morgan fingerprint density at radius 2 is 0.591 bits per heavy atom. The van der Waals surface area contributed by atoms with Crippen molar-refractivity contribution in [2.45, 2.75) is 53.4 Å². The molecule has 5 heterocycles. The monoisotopic (exact) mass is 592 g/mol. The fraction of sp³-hybridized carbons (Fsp3) is 0.444. The van der Waals surface area contributed by atoms with Gasteiger partial charge in [0.05, 0.1) is 26.7 Å². The van der Waals surface area contributed by atoms with Crippen LogP contribution in [0.25, 0.3) is 0 Å². The van der Waals surface area contributed by atoms with Crippen LogP contribution in [0.4, 0.5) is 22.7 Å². The molecule has 232 valence electrons. The first-order valence-electron chi connectivity index (χ1n) is 16.4.